The predicted octanol–water partition coefficient (Wildman–Crippen LogP) is 0.175. The van der Waals surface area contributed by atoms with Crippen LogP contribution >= 0.6 is 0 Å². The quantitative estimate of drug-likeness (QED) is 0.802. The first kappa shape index (κ1) is 13.0. The van der Waals surface area contributed by atoms with Crippen LogP contribution < -0.4 is 10.9 Å². The molecule has 0 aliphatic heterocycles. The molecule has 0 spiro atoms. The van der Waals surface area contributed by atoms with Crippen LogP contribution in [0.3, 0.4) is 0 Å². The maximum atomic E-state index is 11.9. The molecule has 7 heteroatoms. The molecule has 1 amide bonds. The number of rotatable bonds is 5. The van der Waals surface area contributed by atoms with Gasteiger partial charge in [0.25, 0.3) is 11.5 Å². The Hall–Kier alpha value is -2.44. The largest absolute Gasteiger partial charge is 0.346 e. The van der Waals surface area contributed by atoms with Crippen LogP contribution in [0.25, 0.3) is 0 Å². The van der Waals surface area contributed by atoms with E-state index in [0.29, 0.717) is 6.54 Å². The van der Waals surface area contributed by atoms with Gasteiger partial charge >= 0.3 is 0 Å². The second-order valence-electron chi connectivity index (χ2n) is 4.13. The van der Waals surface area contributed by atoms with Crippen LogP contribution in [-0.4, -0.2) is 31.5 Å². The summed E-state index contributed by atoms with van der Waals surface area (Å²) in [4.78, 5) is 33.0. The van der Waals surface area contributed by atoms with Gasteiger partial charge < -0.3 is 14.9 Å². The average molecular weight is 261 g/mol. The fraction of sp³-hybridized carbons (Fsp3) is 0.333. The van der Waals surface area contributed by atoms with Crippen LogP contribution in [0.5, 0.6) is 0 Å². The van der Waals surface area contributed by atoms with Crippen LogP contribution in [0.1, 0.15) is 23.8 Å². The number of amides is 1. The smallest absolute Gasteiger partial charge is 0.271 e. The van der Waals surface area contributed by atoms with E-state index < -0.39 is 0 Å². The van der Waals surface area contributed by atoms with E-state index >= 15 is 0 Å². The monoisotopic (exact) mass is 261 g/mol. The van der Waals surface area contributed by atoms with Crippen molar-refractivity contribution in [2.75, 3.05) is 0 Å². The Morgan fingerprint density at radius 2 is 2.42 bits per heavy atom. The summed E-state index contributed by atoms with van der Waals surface area (Å²) in [5.74, 6) is -0.303. The SMILES string of the molecule is CC[C@H](Cn1ccnc1)NC(=O)c1c[nH]c(=O)cn1. The molecule has 0 saturated carbocycles. The van der Waals surface area contributed by atoms with E-state index in [2.05, 4.69) is 20.3 Å². The third-order valence-corrected chi connectivity index (χ3v) is 2.72. The number of nitrogens with one attached hydrogen (secondary N) is 2. The number of hydrogen-bond acceptors (Lipinski definition) is 4. The van der Waals surface area contributed by atoms with E-state index in [1.165, 1.54) is 6.20 Å². The second kappa shape index (κ2) is 5.94. The first-order chi connectivity index (χ1) is 9.19. The fourth-order valence-electron chi connectivity index (χ4n) is 1.65. The van der Waals surface area contributed by atoms with Gasteiger partial charge in [-0.05, 0) is 6.42 Å². The average Bonchev–Trinajstić information content (AvgIpc) is 2.91. The van der Waals surface area contributed by atoms with Crippen molar-refractivity contribution in [2.24, 2.45) is 0 Å². The summed E-state index contributed by atoms with van der Waals surface area (Å²) >= 11 is 0. The summed E-state index contributed by atoms with van der Waals surface area (Å²) in [6.45, 7) is 2.63. The van der Waals surface area contributed by atoms with Gasteiger partial charge in [0.1, 0.15) is 5.69 Å². The van der Waals surface area contributed by atoms with Gasteiger partial charge in [0.2, 0.25) is 0 Å². The minimum absolute atomic E-state index is 0.0181. The predicted molar refractivity (Wildman–Crippen MR) is 68.6 cm³/mol. The summed E-state index contributed by atoms with van der Waals surface area (Å²) in [6.07, 6.45) is 8.42. The van der Waals surface area contributed by atoms with Gasteiger partial charge in [-0.3, -0.25) is 9.59 Å². The maximum absolute atomic E-state index is 11.9. The van der Waals surface area contributed by atoms with Crippen molar-refractivity contribution in [3.05, 3.63) is 47.2 Å². The zero-order valence-electron chi connectivity index (χ0n) is 10.5. The molecule has 0 saturated heterocycles. The molecule has 0 fully saturated rings. The van der Waals surface area contributed by atoms with E-state index in [1.807, 2.05) is 17.7 Å². The number of imidazole rings is 1. The van der Waals surface area contributed by atoms with Crippen LogP contribution in [-0.2, 0) is 6.54 Å². The Labute approximate surface area is 109 Å². The van der Waals surface area contributed by atoms with Crippen molar-refractivity contribution in [3.63, 3.8) is 0 Å². The molecule has 100 valence electrons. The molecular formula is C12H15N5O2. The zero-order chi connectivity index (χ0) is 13.7. The Kier molecular flexibility index (Phi) is 4.07. The number of nitrogens with zero attached hydrogens (tertiary/aromatic N) is 3. The number of carbonyl (C=O) groups excluding carboxylic acids is 1. The molecule has 0 radical (unpaired) electrons. The van der Waals surface area contributed by atoms with Gasteiger partial charge in [0.15, 0.2) is 0 Å². The normalized spacial score (nSPS) is 12.1. The van der Waals surface area contributed by atoms with Crippen LogP contribution in [0.15, 0.2) is 35.9 Å². The van der Waals surface area contributed by atoms with Gasteiger partial charge in [0.05, 0.1) is 12.5 Å². The van der Waals surface area contributed by atoms with Crippen molar-refractivity contribution >= 4 is 5.91 Å². The van der Waals surface area contributed by atoms with Crippen molar-refractivity contribution in [2.45, 2.75) is 25.9 Å². The number of carbonyl (C=O) groups is 1. The number of H-pyrrole nitrogens is 1. The molecule has 2 heterocycles. The number of hydrogen-bond donors (Lipinski definition) is 2. The highest BCUT2D eigenvalue weighted by Crippen LogP contribution is 1.99. The minimum Gasteiger partial charge on any atom is -0.346 e. The summed E-state index contributed by atoms with van der Waals surface area (Å²) in [5.41, 5.74) is -0.134. The molecular weight excluding hydrogens is 246 g/mol. The molecule has 7 nitrogen and oxygen atoms in total. The lowest BCUT2D eigenvalue weighted by atomic mass is 10.2. The van der Waals surface area contributed by atoms with E-state index in [9.17, 15) is 9.59 Å². The summed E-state index contributed by atoms with van der Waals surface area (Å²) in [7, 11) is 0. The zero-order valence-corrected chi connectivity index (χ0v) is 10.5. The Bertz CT molecular complexity index is 570. The van der Waals surface area contributed by atoms with Gasteiger partial charge in [0, 0.05) is 31.2 Å². The van der Waals surface area contributed by atoms with Gasteiger partial charge in [-0.2, -0.15) is 0 Å². The van der Waals surface area contributed by atoms with E-state index in [-0.39, 0.29) is 23.2 Å². The molecule has 2 aromatic heterocycles. The van der Waals surface area contributed by atoms with Crippen molar-refractivity contribution in [1.29, 1.82) is 0 Å². The molecule has 0 aliphatic rings. The Morgan fingerprint density at radius 1 is 1.58 bits per heavy atom. The first-order valence-corrected chi connectivity index (χ1v) is 6.00. The minimum atomic E-state index is -0.331. The lowest BCUT2D eigenvalue weighted by molar-refractivity contribution is 0.0926. The number of aromatic nitrogens is 4. The topological polar surface area (TPSA) is 92.7 Å². The highest BCUT2D eigenvalue weighted by molar-refractivity contribution is 5.92. The lowest BCUT2D eigenvalue weighted by Gasteiger charge is -2.17. The molecule has 0 aliphatic carbocycles. The molecule has 0 aromatic carbocycles. The van der Waals surface area contributed by atoms with E-state index in [4.69, 9.17) is 0 Å². The van der Waals surface area contributed by atoms with Gasteiger partial charge in [-0.25, -0.2) is 9.97 Å². The van der Waals surface area contributed by atoms with E-state index in [0.717, 1.165) is 12.6 Å². The molecule has 0 unspecified atom stereocenters. The van der Waals surface area contributed by atoms with Gasteiger partial charge in [-0.1, -0.05) is 6.92 Å². The summed E-state index contributed by atoms with van der Waals surface area (Å²) in [5, 5.41) is 2.87. The van der Waals surface area contributed by atoms with Crippen molar-refractivity contribution < 1.29 is 4.79 Å². The van der Waals surface area contributed by atoms with Crippen LogP contribution in [0.4, 0.5) is 0 Å². The number of aromatic amines is 1. The molecule has 19 heavy (non-hydrogen) atoms. The highest BCUT2D eigenvalue weighted by Gasteiger charge is 2.13. The lowest BCUT2D eigenvalue weighted by Crippen LogP contribution is -2.38. The van der Waals surface area contributed by atoms with Crippen LogP contribution in [0, 0.1) is 0 Å². The third-order valence-electron chi connectivity index (χ3n) is 2.72. The molecule has 2 N–H and O–H groups in total. The molecule has 2 aromatic rings. The Balaban J connectivity index is 1.99. The standard InChI is InChI=1S/C12H15N5O2/c1-2-9(7-17-4-3-13-8-17)16-12(19)10-5-15-11(18)6-14-10/h3-6,8-9H,2,7H2,1H3,(H,15,18)(H,16,19)/t9-/m1/s1. The first-order valence-electron chi connectivity index (χ1n) is 6.00. The highest BCUT2D eigenvalue weighted by atomic mass is 16.2. The Morgan fingerprint density at radius 3 is 3.00 bits per heavy atom. The van der Waals surface area contributed by atoms with Crippen LogP contribution in [0.2, 0.25) is 0 Å². The van der Waals surface area contributed by atoms with Crippen molar-refractivity contribution in [3.8, 4) is 0 Å². The molecule has 1 atom stereocenters. The summed E-state index contributed by atoms with van der Waals surface area (Å²) < 4.78 is 1.90. The second-order valence-corrected chi connectivity index (χ2v) is 4.13. The maximum Gasteiger partial charge on any atom is 0.271 e. The third kappa shape index (κ3) is 3.51. The fourth-order valence-corrected chi connectivity index (χ4v) is 1.65. The summed E-state index contributed by atoms with van der Waals surface area (Å²) in [6, 6.07) is -0.0181. The molecule has 2 rings (SSSR count). The molecule has 0 bridgehead atoms. The van der Waals surface area contributed by atoms with Crippen molar-refractivity contribution in [1.82, 2.24) is 24.8 Å². The van der Waals surface area contributed by atoms with Gasteiger partial charge in [-0.15, -0.1) is 0 Å². The van der Waals surface area contributed by atoms with E-state index in [1.54, 1.807) is 12.5 Å².